The lowest BCUT2D eigenvalue weighted by atomic mass is 9.78. The Kier molecular flexibility index (Phi) is 7.77. The highest BCUT2D eigenvalue weighted by molar-refractivity contribution is 5.91. The van der Waals surface area contributed by atoms with Crippen LogP contribution in [0.4, 0.5) is 17.6 Å². The molecule has 4 rings (SSSR count). The first-order valence-corrected chi connectivity index (χ1v) is 11.9. The van der Waals surface area contributed by atoms with Crippen LogP contribution in [0.5, 0.6) is 11.5 Å². The van der Waals surface area contributed by atoms with Crippen molar-refractivity contribution in [3.8, 4) is 22.6 Å². The zero-order valence-electron chi connectivity index (χ0n) is 19.8. The lowest BCUT2D eigenvalue weighted by Crippen LogP contribution is -2.13. The van der Waals surface area contributed by atoms with E-state index < -0.39 is 35.0 Å². The second-order valence-corrected chi connectivity index (χ2v) is 8.77. The molecule has 0 unspecified atom stereocenters. The molecule has 0 heterocycles. The van der Waals surface area contributed by atoms with Gasteiger partial charge in [0.1, 0.15) is 0 Å². The molecular weight excluding hydrogens is 472 g/mol. The fraction of sp³-hybridized carbons (Fsp3) is 0.276. The van der Waals surface area contributed by atoms with E-state index in [4.69, 9.17) is 9.47 Å². The molecule has 0 aromatic heterocycles. The molecule has 7 heteroatoms. The highest BCUT2D eigenvalue weighted by atomic mass is 19.2. The molecule has 0 amide bonds. The normalized spacial score (nSPS) is 17.5. The standard InChI is InChI=1S/C29H26F4O3/c1-3-17-5-7-18(8-6-17)21-13-14-22(26(31)25(21)30)19-9-11-20(12-10-19)29(34)36-24-16-15-23(35-4-2)27(32)28(24)33/h3,9-18H,1,4-8H2,2H3. The van der Waals surface area contributed by atoms with Crippen LogP contribution in [0, 0.1) is 29.2 Å². The Balaban J connectivity index is 1.49. The number of benzene rings is 3. The number of hydrogen-bond donors (Lipinski definition) is 0. The van der Waals surface area contributed by atoms with Gasteiger partial charge in [-0.1, -0.05) is 30.3 Å². The Morgan fingerprint density at radius 1 is 0.861 bits per heavy atom. The third-order valence-electron chi connectivity index (χ3n) is 6.60. The second kappa shape index (κ2) is 11.0. The minimum Gasteiger partial charge on any atom is -0.491 e. The summed E-state index contributed by atoms with van der Waals surface area (Å²) in [5.74, 6) is -5.82. The number of halogens is 4. The monoisotopic (exact) mass is 498 g/mol. The van der Waals surface area contributed by atoms with Crippen molar-refractivity contribution in [2.75, 3.05) is 6.61 Å². The average Bonchev–Trinajstić information content (AvgIpc) is 2.90. The first-order valence-electron chi connectivity index (χ1n) is 11.9. The molecule has 0 atom stereocenters. The second-order valence-electron chi connectivity index (χ2n) is 8.77. The first kappa shape index (κ1) is 25.5. The maximum Gasteiger partial charge on any atom is 0.343 e. The van der Waals surface area contributed by atoms with Crippen molar-refractivity contribution < 1.29 is 31.8 Å². The quantitative estimate of drug-likeness (QED) is 0.143. The van der Waals surface area contributed by atoms with E-state index in [1.165, 1.54) is 30.3 Å². The van der Waals surface area contributed by atoms with Crippen molar-refractivity contribution in [1.82, 2.24) is 0 Å². The van der Waals surface area contributed by atoms with Gasteiger partial charge in [0.05, 0.1) is 12.2 Å². The number of hydrogen-bond acceptors (Lipinski definition) is 3. The molecule has 3 aromatic rings. The van der Waals surface area contributed by atoms with Crippen LogP contribution in [0.1, 0.15) is 54.4 Å². The number of allylic oxidation sites excluding steroid dienone is 1. The number of esters is 1. The van der Waals surface area contributed by atoms with E-state index in [0.717, 1.165) is 31.7 Å². The van der Waals surface area contributed by atoms with Crippen molar-refractivity contribution in [3.63, 3.8) is 0 Å². The van der Waals surface area contributed by atoms with E-state index in [1.807, 2.05) is 6.08 Å². The van der Waals surface area contributed by atoms with Gasteiger partial charge in [-0.15, -0.1) is 6.58 Å². The van der Waals surface area contributed by atoms with Crippen LogP contribution in [-0.4, -0.2) is 12.6 Å². The molecule has 0 aliphatic heterocycles. The highest BCUT2D eigenvalue weighted by Gasteiger charge is 2.26. The smallest absolute Gasteiger partial charge is 0.343 e. The predicted molar refractivity (Wildman–Crippen MR) is 129 cm³/mol. The maximum absolute atomic E-state index is 15.0. The van der Waals surface area contributed by atoms with Gasteiger partial charge < -0.3 is 9.47 Å². The Morgan fingerprint density at radius 3 is 2.14 bits per heavy atom. The molecule has 3 aromatic carbocycles. The molecule has 1 fully saturated rings. The van der Waals surface area contributed by atoms with Gasteiger partial charge in [-0.3, -0.25) is 0 Å². The van der Waals surface area contributed by atoms with Crippen LogP contribution in [0.2, 0.25) is 0 Å². The highest BCUT2D eigenvalue weighted by Crippen LogP contribution is 2.39. The minimum atomic E-state index is -1.35. The molecule has 3 nitrogen and oxygen atoms in total. The van der Waals surface area contributed by atoms with Gasteiger partial charge in [0.2, 0.25) is 11.6 Å². The number of carbonyl (C=O) groups is 1. The predicted octanol–water partition coefficient (Wildman–Crippen LogP) is 7.99. The summed E-state index contributed by atoms with van der Waals surface area (Å²) in [6.45, 7) is 5.58. The summed E-state index contributed by atoms with van der Waals surface area (Å²) < 4.78 is 68.2. The molecule has 188 valence electrons. The van der Waals surface area contributed by atoms with E-state index in [-0.39, 0.29) is 29.4 Å². The van der Waals surface area contributed by atoms with E-state index in [1.54, 1.807) is 19.1 Å². The number of ether oxygens (including phenoxy) is 2. The number of carbonyl (C=O) groups excluding carboxylic acids is 1. The van der Waals surface area contributed by atoms with Crippen LogP contribution in [0.15, 0.2) is 61.2 Å². The van der Waals surface area contributed by atoms with Gasteiger partial charge in [0.25, 0.3) is 0 Å². The van der Waals surface area contributed by atoms with Crippen LogP contribution >= 0.6 is 0 Å². The molecule has 1 aliphatic rings. The zero-order valence-corrected chi connectivity index (χ0v) is 19.8. The Labute approximate surface area is 207 Å². The largest absolute Gasteiger partial charge is 0.491 e. The van der Waals surface area contributed by atoms with Gasteiger partial charge in [-0.25, -0.2) is 13.6 Å². The zero-order chi connectivity index (χ0) is 25.8. The fourth-order valence-corrected chi connectivity index (χ4v) is 4.57. The molecule has 36 heavy (non-hydrogen) atoms. The molecule has 0 bridgehead atoms. The lowest BCUT2D eigenvalue weighted by molar-refractivity contribution is 0.0726. The van der Waals surface area contributed by atoms with Crippen molar-refractivity contribution in [1.29, 1.82) is 0 Å². The topological polar surface area (TPSA) is 35.5 Å². The minimum absolute atomic E-state index is 0.0314. The van der Waals surface area contributed by atoms with Gasteiger partial charge in [-0.05, 0) is 79.8 Å². The fourth-order valence-electron chi connectivity index (χ4n) is 4.57. The molecule has 1 saturated carbocycles. The summed E-state index contributed by atoms with van der Waals surface area (Å²) >= 11 is 0. The van der Waals surface area contributed by atoms with Gasteiger partial charge in [-0.2, -0.15) is 8.78 Å². The van der Waals surface area contributed by atoms with Crippen LogP contribution < -0.4 is 9.47 Å². The van der Waals surface area contributed by atoms with Crippen LogP contribution in [-0.2, 0) is 0 Å². The average molecular weight is 499 g/mol. The Morgan fingerprint density at radius 2 is 1.50 bits per heavy atom. The number of rotatable bonds is 7. The third-order valence-corrected chi connectivity index (χ3v) is 6.60. The van der Waals surface area contributed by atoms with Gasteiger partial charge in [0, 0.05) is 5.56 Å². The molecule has 0 spiro atoms. The van der Waals surface area contributed by atoms with E-state index >= 15 is 0 Å². The lowest BCUT2D eigenvalue weighted by Gasteiger charge is -2.27. The van der Waals surface area contributed by atoms with Gasteiger partial charge in [0.15, 0.2) is 23.1 Å². The molecule has 0 saturated heterocycles. The maximum atomic E-state index is 15.0. The summed E-state index contributed by atoms with van der Waals surface area (Å²) in [5.41, 5.74) is 0.839. The van der Waals surface area contributed by atoms with Gasteiger partial charge >= 0.3 is 5.97 Å². The van der Waals surface area contributed by atoms with E-state index in [9.17, 15) is 22.4 Å². The Hall–Kier alpha value is -3.61. The van der Waals surface area contributed by atoms with Crippen molar-refractivity contribution in [2.24, 2.45) is 5.92 Å². The molecular formula is C29H26F4O3. The summed E-state index contributed by atoms with van der Waals surface area (Å²) in [4.78, 5) is 12.4. The third kappa shape index (κ3) is 5.15. The Bertz CT molecular complexity index is 1260. The van der Waals surface area contributed by atoms with Crippen LogP contribution in [0.3, 0.4) is 0 Å². The first-order chi connectivity index (χ1) is 17.3. The molecule has 0 N–H and O–H groups in total. The summed E-state index contributed by atoms with van der Waals surface area (Å²) in [5, 5.41) is 0. The van der Waals surface area contributed by atoms with E-state index in [0.29, 0.717) is 17.0 Å². The van der Waals surface area contributed by atoms with Crippen LogP contribution in [0.25, 0.3) is 11.1 Å². The van der Waals surface area contributed by atoms with E-state index in [2.05, 4.69) is 6.58 Å². The van der Waals surface area contributed by atoms with Crippen molar-refractivity contribution in [2.45, 2.75) is 38.5 Å². The SMILES string of the molecule is C=CC1CCC(c2ccc(-c3ccc(C(=O)Oc4ccc(OCC)c(F)c4F)cc3)c(F)c2F)CC1. The summed E-state index contributed by atoms with van der Waals surface area (Å²) in [6, 6.07) is 11.0. The molecule has 0 radical (unpaired) electrons. The molecule has 1 aliphatic carbocycles. The summed E-state index contributed by atoms with van der Waals surface area (Å²) in [7, 11) is 0. The van der Waals surface area contributed by atoms with Crippen molar-refractivity contribution in [3.05, 3.63) is 95.6 Å². The van der Waals surface area contributed by atoms with Crippen molar-refractivity contribution >= 4 is 5.97 Å². The summed E-state index contributed by atoms with van der Waals surface area (Å²) in [6.07, 6.45) is 5.29.